The minimum absolute atomic E-state index is 0.00430. The van der Waals surface area contributed by atoms with Crippen molar-refractivity contribution >= 4 is 63.7 Å². The zero-order valence-electron chi connectivity index (χ0n) is 15.2. The lowest BCUT2D eigenvalue weighted by Crippen LogP contribution is -2.15. The molecule has 9 heteroatoms. The fourth-order valence-electron chi connectivity index (χ4n) is 2.69. The fraction of sp³-hybridized carbons (Fsp3) is 0.100. The topological polar surface area (TPSA) is 75.6 Å². The van der Waals surface area contributed by atoms with Crippen LogP contribution in [0.3, 0.4) is 0 Å². The zero-order valence-corrected chi connectivity index (χ0v) is 18.3. The SMILES string of the molecule is COc1c(Cl)c(Cl)cc(C(=O)Nc2csc(-c3ccc(C)cc3)c2C(=O)O)c1Cl. The molecule has 0 saturated carbocycles. The summed E-state index contributed by atoms with van der Waals surface area (Å²) in [6.07, 6.45) is 0. The molecule has 3 rings (SSSR count). The average Bonchev–Trinajstić information content (AvgIpc) is 3.09. The molecule has 1 amide bonds. The number of aryl methyl sites for hydroxylation is 1. The molecule has 0 fully saturated rings. The highest BCUT2D eigenvalue weighted by Gasteiger charge is 2.24. The van der Waals surface area contributed by atoms with E-state index in [2.05, 4.69) is 5.32 Å². The number of carbonyl (C=O) groups is 2. The summed E-state index contributed by atoms with van der Waals surface area (Å²) in [6.45, 7) is 1.94. The number of carbonyl (C=O) groups excluding carboxylic acids is 1. The van der Waals surface area contributed by atoms with Crippen molar-refractivity contribution in [2.45, 2.75) is 6.92 Å². The Kier molecular flexibility index (Phi) is 6.39. The van der Waals surface area contributed by atoms with Gasteiger partial charge in [-0.05, 0) is 18.6 Å². The molecular formula is C20H14Cl3NO4S. The number of benzene rings is 2. The highest BCUT2D eigenvalue weighted by molar-refractivity contribution is 7.14. The predicted molar refractivity (Wildman–Crippen MR) is 117 cm³/mol. The second-order valence-corrected chi connectivity index (χ2v) is 8.09. The number of amides is 1. The van der Waals surface area contributed by atoms with Gasteiger partial charge >= 0.3 is 5.97 Å². The van der Waals surface area contributed by atoms with E-state index in [-0.39, 0.29) is 37.6 Å². The lowest BCUT2D eigenvalue weighted by molar-refractivity contribution is 0.0699. The van der Waals surface area contributed by atoms with Gasteiger partial charge in [0.2, 0.25) is 0 Å². The van der Waals surface area contributed by atoms with Gasteiger partial charge in [0.1, 0.15) is 10.6 Å². The van der Waals surface area contributed by atoms with Crippen molar-refractivity contribution in [2.75, 3.05) is 12.4 Å². The maximum atomic E-state index is 12.8. The number of ether oxygens (including phenoxy) is 1. The number of carboxylic acid groups (broad SMARTS) is 1. The van der Waals surface area contributed by atoms with Crippen molar-refractivity contribution in [3.63, 3.8) is 0 Å². The Morgan fingerprint density at radius 1 is 1.10 bits per heavy atom. The van der Waals surface area contributed by atoms with Crippen molar-refractivity contribution in [3.8, 4) is 16.2 Å². The molecule has 5 nitrogen and oxygen atoms in total. The number of aromatic carboxylic acids is 1. The molecule has 0 aliphatic carbocycles. The van der Waals surface area contributed by atoms with Crippen molar-refractivity contribution in [3.05, 3.63) is 67.5 Å². The van der Waals surface area contributed by atoms with E-state index >= 15 is 0 Å². The van der Waals surface area contributed by atoms with Gasteiger partial charge in [0.25, 0.3) is 5.91 Å². The third kappa shape index (κ3) is 4.21. The number of halogens is 3. The van der Waals surface area contributed by atoms with Gasteiger partial charge in [-0.15, -0.1) is 11.3 Å². The van der Waals surface area contributed by atoms with E-state index in [1.54, 1.807) is 5.38 Å². The van der Waals surface area contributed by atoms with Crippen LogP contribution in [0.5, 0.6) is 5.75 Å². The predicted octanol–water partition coefficient (Wildman–Crippen LogP) is 6.64. The molecule has 150 valence electrons. The number of anilines is 1. The minimum Gasteiger partial charge on any atom is -0.494 e. The monoisotopic (exact) mass is 469 g/mol. The maximum Gasteiger partial charge on any atom is 0.339 e. The Morgan fingerprint density at radius 2 is 1.76 bits per heavy atom. The zero-order chi connectivity index (χ0) is 21.3. The molecule has 0 radical (unpaired) electrons. The quantitative estimate of drug-likeness (QED) is 0.410. The minimum atomic E-state index is -1.16. The molecule has 0 saturated heterocycles. The van der Waals surface area contributed by atoms with E-state index in [0.29, 0.717) is 4.88 Å². The second-order valence-electron chi connectivity index (χ2n) is 6.05. The summed E-state index contributed by atoms with van der Waals surface area (Å²) in [6, 6.07) is 8.75. The van der Waals surface area contributed by atoms with Gasteiger partial charge in [-0.3, -0.25) is 4.79 Å². The fourth-order valence-corrected chi connectivity index (χ4v) is 4.48. The largest absolute Gasteiger partial charge is 0.494 e. The van der Waals surface area contributed by atoms with Gasteiger partial charge < -0.3 is 15.2 Å². The molecule has 3 aromatic rings. The van der Waals surface area contributed by atoms with Gasteiger partial charge in [0, 0.05) is 5.38 Å². The van der Waals surface area contributed by atoms with Gasteiger partial charge in [-0.2, -0.15) is 0 Å². The van der Waals surface area contributed by atoms with Crippen LogP contribution in [0.4, 0.5) is 5.69 Å². The molecule has 1 aromatic heterocycles. The number of methoxy groups -OCH3 is 1. The highest BCUT2D eigenvalue weighted by atomic mass is 35.5. The van der Waals surface area contributed by atoms with Crippen LogP contribution < -0.4 is 10.1 Å². The van der Waals surface area contributed by atoms with Gasteiger partial charge in [0.05, 0.1) is 33.3 Å². The van der Waals surface area contributed by atoms with Crippen LogP contribution in [-0.4, -0.2) is 24.1 Å². The summed E-state index contributed by atoms with van der Waals surface area (Å²) in [5, 5.41) is 14.0. The summed E-state index contributed by atoms with van der Waals surface area (Å²) < 4.78 is 5.11. The Balaban J connectivity index is 2.01. The Labute approximate surface area is 185 Å². The molecule has 1 heterocycles. The number of hydrogen-bond donors (Lipinski definition) is 2. The smallest absolute Gasteiger partial charge is 0.339 e. The first kappa shape index (κ1) is 21.5. The molecule has 0 spiro atoms. The number of nitrogens with one attached hydrogen (secondary N) is 1. The van der Waals surface area contributed by atoms with Crippen LogP contribution in [-0.2, 0) is 0 Å². The number of hydrogen-bond acceptors (Lipinski definition) is 4. The molecule has 2 N–H and O–H groups in total. The maximum absolute atomic E-state index is 12.8. The lowest BCUT2D eigenvalue weighted by atomic mass is 10.1. The molecule has 2 aromatic carbocycles. The number of thiophene rings is 1. The number of rotatable bonds is 5. The van der Waals surface area contributed by atoms with Crippen LogP contribution in [0.2, 0.25) is 15.1 Å². The molecule has 29 heavy (non-hydrogen) atoms. The van der Waals surface area contributed by atoms with E-state index in [1.807, 2.05) is 31.2 Å². The summed E-state index contributed by atoms with van der Waals surface area (Å²) in [7, 11) is 1.35. The summed E-state index contributed by atoms with van der Waals surface area (Å²) in [4.78, 5) is 25.2. The first-order chi connectivity index (χ1) is 13.7. The molecule has 0 unspecified atom stereocenters. The summed E-state index contributed by atoms with van der Waals surface area (Å²) in [5.74, 6) is -1.73. The van der Waals surface area contributed by atoms with Crippen molar-refractivity contribution in [1.82, 2.24) is 0 Å². The standard InChI is InChI=1S/C20H14Cl3NO4S/c1-9-3-5-10(6-4-9)18-14(20(26)27)13(8-29-18)24-19(25)11-7-12(21)16(23)17(28-2)15(11)22/h3-8H,1-2H3,(H,24,25)(H,26,27). The molecular weight excluding hydrogens is 457 g/mol. The van der Waals surface area contributed by atoms with E-state index < -0.39 is 11.9 Å². The van der Waals surface area contributed by atoms with Gasteiger partial charge in [-0.1, -0.05) is 64.6 Å². The van der Waals surface area contributed by atoms with Crippen molar-refractivity contribution < 1.29 is 19.4 Å². The van der Waals surface area contributed by atoms with Gasteiger partial charge in [0.15, 0.2) is 5.75 Å². The van der Waals surface area contributed by atoms with Gasteiger partial charge in [-0.25, -0.2) is 4.79 Å². The average molecular weight is 471 g/mol. The third-order valence-corrected chi connectivity index (χ3v) is 6.31. The molecule has 0 aliphatic heterocycles. The van der Waals surface area contributed by atoms with Crippen LogP contribution in [0.1, 0.15) is 26.3 Å². The Bertz CT molecular complexity index is 1110. The van der Waals surface area contributed by atoms with E-state index in [9.17, 15) is 14.7 Å². The summed E-state index contributed by atoms with van der Waals surface area (Å²) >= 11 is 19.5. The van der Waals surface area contributed by atoms with Crippen LogP contribution in [0.15, 0.2) is 35.7 Å². The second kappa shape index (κ2) is 8.63. The van der Waals surface area contributed by atoms with E-state index in [4.69, 9.17) is 39.5 Å². The first-order valence-corrected chi connectivity index (χ1v) is 10.2. The highest BCUT2D eigenvalue weighted by Crippen LogP contribution is 2.41. The lowest BCUT2D eigenvalue weighted by Gasteiger charge is -2.12. The molecule has 0 aliphatic rings. The number of carboxylic acids is 1. The third-order valence-electron chi connectivity index (χ3n) is 4.13. The van der Waals surface area contributed by atoms with Crippen molar-refractivity contribution in [1.29, 1.82) is 0 Å². The van der Waals surface area contributed by atoms with Crippen LogP contribution in [0, 0.1) is 6.92 Å². The summed E-state index contributed by atoms with van der Waals surface area (Å²) in [5.41, 5.74) is 1.96. The van der Waals surface area contributed by atoms with E-state index in [1.165, 1.54) is 24.5 Å². The Hall–Kier alpha value is -2.25. The Morgan fingerprint density at radius 3 is 2.34 bits per heavy atom. The normalized spacial score (nSPS) is 10.7. The first-order valence-electron chi connectivity index (χ1n) is 8.19. The van der Waals surface area contributed by atoms with Crippen LogP contribution in [0.25, 0.3) is 10.4 Å². The van der Waals surface area contributed by atoms with Crippen molar-refractivity contribution in [2.24, 2.45) is 0 Å². The van der Waals surface area contributed by atoms with Crippen LogP contribution >= 0.6 is 46.1 Å². The van der Waals surface area contributed by atoms with E-state index in [0.717, 1.165) is 11.1 Å². The molecule has 0 bridgehead atoms. The molecule has 0 atom stereocenters.